The minimum atomic E-state index is -0.454. The van der Waals surface area contributed by atoms with E-state index in [9.17, 15) is 19.4 Å². The number of halogens is 1. The average Bonchev–Trinajstić information content (AvgIpc) is 2.77. The number of alkyl halides is 1. The second-order valence-electron chi connectivity index (χ2n) is 6.37. The van der Waals surface area contributed by atoms with Crippen LogP contribution in [0.2, 0.25) is 0 Å². The number of ketones is 1. The van der Waals surface area contributed by atoms with Crippen LogP contribution in [0.3, 0.4) is 0 Å². The molecule has 7 heteroatoms. The second-order valence-corrected chi connectivity index (χ2v) is 6.37. The van der Waals surface area contributed by atoms with Crippen molar-refractivity contribution < 1.29 is 33.6 Å². The number of phenolic OH excluding ortho intramolecular Hbond substituents is 1. The van der Waals surface area contributed by atoms with Crippen LogP contribution >= 0.6 is 0 Å². The van der Waals surface area contributed by atoms with Gasteiger partial charge in [-0.1, -0.05) is 24.3 Å². The Morgan fingerprint density at radius 1 is 0.968 bits per heavy atom. The summed E-state index contributed by atoms with van der Waals surface area (Å²) in [7, 11) is 2.93. The van der Waals surface area contributed by atoms with Crippen LogP contribution in [0.15, 0.2) is 60.4 Å². The molecule has 31 heavy (non-hydrogen) atoms. The maximum Gasteiger partial charge on any atom is 0.182 e. The molecule has 0 fully saturated rings. The van der Waals surface area contributed by atoms with E-state index in [1.807, 2.05) is 0 Å². The zero-order valence-electron chi connectivity index (χ0n) is 17.4. The molecular formula is C24H25FO6. The van der Waals surface area contributed by atoms with Gasteiger partial charge in [0.05, 0.1) is 27.5 Å². The van der Waals surface area contributed by atoms with Gasteiger partial charge in [0.15, 0.2) is 28.8 Å². The minimum absolute atomic E-state index is 0.00992. The molecule has 0 saturated carbocycles. The van der Waals surface area contributed by atoms with Crippen molar-refractivity contribution in [2.45, 2.75) is 6.42 Å². The lowest BCUT2D eigenvalue weighted by Crippen LogP contribution is -2.00. The van der Waals surface area contributed by atoms with Gasteiger partial charge in [-0.25, -0.2) is 0 Å². The molecule has 0 unspecified atom stereocenters. The van der Waals surface area contributed by atoms with Crippen LogP contribution in [-0.4, -0.2) is 43.5 Å². The number of carbonyl (C=O) groups is 1. The first kappa shape index (κ1) is 23.5. The fourth-order valence-electron chi connectivity index (χ4n) is 2.54. The second kappa shape index (κ2) is 12.1. The molecule has 2 N–H and O–H groups in total. The number of hydrogen-bond donors (Lipinski definition) is 2. The normalized spacial score (nSPS) is 11.8. The summed E-state index contributed by atoms with van der Waals surface area (Å²) in [5.41, 5.74) is 1.38. The summed E-state index contributed by atoms with van der Waals surface area (Å²) in [6.07, 6.45) is 7.21. The van der Waals surface area contributed by atoms with Gasteiger partial charge in [-0.2, -0.15) is 0 Å². The first-order chi connectivity index (χ1) is 15.0. The highest BCUT2D eigenvalue weighted by molar-refractivity contribution is 6.02. The molecule has 0 aliphatic rings. The fourth-order valence-corrected chi connectivity index (χ4v) is 2.54. The van der Waals surface area contributed by atoms with Crippen LogP contribution in [0.5, 0.6) is 23.0 Å². The third kappa shape index (κ3) is 7.54. The quantitative estimate of drug-likeness (QED) is 0.230. The van der Waals surface area contributed by atoms with Crippen LogP contribution in [-0.2, 0) is 4.79 Å². The van der Waals surface area contributed by atoms with E-state index in [-0.39, 0.29) is 18.1 Å². The highest BCUT2D eigenvalue weighted by Crippen LogP contribution is 2.29. The number of allylic oxidation sites excluding steroid dienone is 3. The Kier molecular flexibility index (Phi) is 9.16. The van der Waals surface area contributed by atoms with Crippen molar-refractivity contribution >= 4 is 17.9 Å². The topological polar surface area (TPSA) is 85.2 Å². The molecule has 6 nitrogen and oxygen atoms in total. The van der Waals surface area contributed by atoms with E-state index in [4.69, 9.17) is 14.2 Å². The fraction of sp³-hybridized carbons (Fsp3) is 0.208. The van der Waals surface area contributed by atoms with Crippen molar-refractivity contribution in [3.05, 3.63) is 71.5 Å². The van der Waals surface area contributed by atoms with Gasteiger partial charge in [-0.3, -0.25) is 9.18 Å². The molecule has 0 bridgehead atoms. The van der Waals surface area contributed by atoms with Crippen LogP contribution in [0.4, 0.5) is 4.39 Å². The van der Waals surface area contributed by atoms with Gasteiger partial charge in [0.2, 0.25) is 0 Å². The summed E-state index contributed by atoms with van der Waals surface area (Å²) >= 11 is 0. The molecule has 0 aliphatic heterocycles. The summed E-state index contributed by atoms with van der Waals surface area (Å²) in [6, 6.07) is 9.82. The van der Waals surface area contributed by atoms with Crippen LogP contribution in [0.1, 0.15) is 17.5 Å². The van der Waals surface area contributed by atoms with Gasteiger partial charge in [-0.05, 0) is 47.5 Å². The first-order valence-corrected chi connectivity index (χ1v) is 9.51. The number of ether oxygens (including phenoxy) is 3. The molecule has 2 rings (SSSR count). The number of phenols is 1. The Balaban J connectivity index is 2.02. The van der Waals surface area contributed by atoms with Crippen molar-refractivity contribution in [3.8, 4) is 23.0 Å². The Morgan fingerprint density at radius 2 is 1.61 bits per heavy atom. The van der Waals surface area contributed by atoms with Crippen molar-refractivity contribution in [2.75, 3.05) is 27.5 Å². The minimum Gasteiger partial charge on any atom is -0.508 e. The lowest BCUT2D eigenvalue weighted by Gasteiger charge is -2.10. The van der Waals surface area contributed by atoms with E-state index < -0.39 is 12.5 Å². The van der Waals surface area contributed by atoms with Gasteiger partial charge in [0.1, 0.15) is 5.76 Å². The monoisotopic (exact) mass is 428 g/mol. The molecule has 0 atom stereocenters. The van der Waals surface area contributed by atoms with Gasteiger partial charge in [-0.15, -0.1) is 0 Å². The average molecular weight is 428 g/mol. The Hall–Kier alpha value is -3.74. The molecule has 0 aromatic heterocycles. The van der Waals surface area contributed by atoms with Gasteiger partial charge in [0, 0.05) is 12.5 Å². The maximum atomic E-state index is 12.2. The lowest BCUT2D eigenvalue weighted by atomic mass is 10.1. The molecule has 0 aliphatic carbocycles. The molecule has 2 aromatic rings. The molecular weight excluding hydrogens is 403 g/mol. The summed E-state index contributed by atoms with van der Waals surface area (Å²) in [5, 5.41) is 19.5. The molecule has 0 saturated heterocycles. The van der Waals surface area contributed by atoms with Crippen LogP contribution in [0.25, 0.3) is 12.2 Å². The van der Waals surface area contributed by atoms with E-state index >= 15 is 0 Å². The number of aliphatic hydroxyl groups excluding tert-OH is 1. The molecule has 0 heterocycles. The van der Waals surface area contributed by atoms with Gasteiger partial charge >= 0.3 is 0 Å². The third-order valence-electron chi connectivity index (χ3n) is 4.10. The van der Waals surface area contributed by atoms with Crippen molar-refractivity contribution in [1.82, 2.24) is 0 Å². The number of rotatable bonds is 11. The lowest BCUT2D eigenvalue weighted by molar-refractivity contribution is -0.110. The number of aliphatic hydroxyl groups is 1. The van der Waals surface area contributed by atoms with E-state index in [1.165, 1.54) is 32.4 Å². The first-order valence-electron chi connectivity index (χ1n) is 9.51. The third-order valence-corrected chi connectivity index (χ3v) is 4.10. The largest absolute Gasteiger partial charge is 0.508 e. The molecule has 0 amide bonds. The van der Waals surface area contributed by atoms with E-state index in [1.54, 1.807) is 42.5 Å². The van der Waals surface area contributed by atoms with Crippen LogP contribution in [0, 0.1) is 0 Å². The number of carbonyl (C=O) groups excluding carboxylic acids is 1. The highest BCUT2D eigenvalue weighted by atomic mass is 19.1. The zero-order chi connectivity index (χ0) is 22.6. The molecule has 164 valence electrons. The Labute approximate surface area is 180 Å². The number of aromatic hydroxyl groups is 1. The van der Waals surface area contributed by atoms with Gasteiger partial charge < -0.3 is 24.4 Å². The number of hydrogen-bond acceptors (Lipinski definition) is 6. The molecule has 0 spiro atoms. The predicted octanol–water partition coefficient (Wildman–Crippen LogP) is 4.89. The number of benzene rings is 2. The molecule has 0 radical (unpaired) electrons. The van der Waals surface area contributed by atoms with E-state index in [0.717, 1.165) is 6.08 Å². The van der Waals surface area contributed by atoms with Crippen molar-refractivity contribution in [1.29, 1.82) is 0 Å². The Bertz CT molecular complexity index is 978. The van der Waals surface area contributed by atoms with Crippen molar-refractivity contribution in [3.63, 3.8) is 0 Å². The standard InChI is InChI=1S/C24H25FO6/c1-29-23-14-17(6-10-21(23)28)4-8-19(26)16-20(27)9-5-18-7-11-22(24(15-18)30-2)31-13-3-12-25/h4-11,14-16,26,28H,3,12-13H2,1-2H3/b8-4+,9-5+,19-16-. The number of methoxy groups -OCH3 is 2. The van der Waals surface area contributed by atoms with E-state index in [2.05, 4.69) is 0 Å². The summed E-state index contributed by atoms with van der Waals surface area (Å²) in [5.74, 6) is 0.644. The Morgan fingerprint density at radius 3 is 2.29 bits per heavy atom. The van der Waals surface area contributed by atoms with Gasteiger partial charge in [0.25, 0.3) is 0 Å². The summed E-state index contributed by atoms with van der Waals surface area (Å²) < 4.78 is 27.9. The van der Waals surface area contributed by atoms with E-state index in [0.29, 0.717) is 34.8 Å². The van der Waals surface area contributed by atoms with Crippen molar-refractivity contribution in [2.24, 2.45) is 0 Å². The maximum absolute atomic E-state index is 12.2. The predicted molar refractivity (Wildman–Crippen MR) is 118 cm³/mol. The SMILES string of the molecule is COc1cc(/C=C/C(O)=C/C(=O)/C=C/c2ccc(OCCCF)c(OC)c2)ccc1O. The summed E-state index contributed by atoms with van der Waals surface area (Å²) in [4.78, 5) is 12.1. The smallest absolute Gasteiger partial charge is 0.182 e. The van der Waals surface area contributed by atoms with Crippen LogP contribution < -0.4 is 14.2 Å². The zero-order valence-corrected chi connectivity index (χ0v) is 17.4. The molecule has 2 aromatic carbocycles. The highest BCUT2D eigenvalue weighted by Gasteiger charge is 2.05. The summed E-state index contributed by atoms with van der Waals surface area (Å²) in [6.45, 7) is -0.209.